The number of nitrogens with zero attached hydrogens (tertiary/aromatic N) is 1. The number of sulfone groups is 1. The van der Waals surface area contributed by atoms with Crippen LogP contribution in [-0.2, 0) is 19.9 Å². The Kier molecular flexibility index (Phi) is 5.03. The van der Waals surface area contributed by atoms with E-state index in [1.54, 1.807) is 30.3 Å². The molecule has 1 N–H and O–H groups in total. The molecule has 0 aliphatic carbocycles. The minimum absolute atomic E-state index is 0.00634. The normalized spacial score (nSPS) is 20.7. The molecule has 1 aromatic carbocycles. The highest BCUT2D eigenvalue weighted by Gasteiger charge is 2.28. The van der Waals surface area contributed by atoms with Gasteiger partial charge in [0.05, 0.1) is 16.9 Å². The average molecular weight is 332 g/mol. The van der Waals surface area contributed by atoms with E-state index in [9.17, 15) is 16.8 Å². The zero-order chi connectivity index (χ0) is 15.5. The predicted octanol–water partition coefficient (Wildman–Crippen LogP) is 0.0838. The lowest BCUT2D eigenvalue weighted by molar-refractivity contribution is 0.464. The fraction of sp³-hybridized carbons (Fsp3) is 0.538. The van der Waals surface area contributed by atoms with E-state index in [1.807, 2.05) is 0 Å². The molecule has 6 nitrogen and oxygen atoms in total. The molecule has 1 heterocycles. The smallest absolute Gasteiger partial charge is 0.211 e. The van der Waals surface area contributed by atoms with Crippen LogP contribution in [0.2, 0.25) is 0 Å². The molecule has 1 atom stereocenters. The van der Waals surface area contributed by atoms with Crippen LogP contribution in [-0.4, -0.2) is 58.8 Å². The van der Waals surface area contributed by atoms with Crippen molar-refractivity contribution in [1.82, 2.24) is 9.62 Å². The zero-order valence-corrected chi connectivity index (χ0v) is 13.5. The van der Waals surface area contributed by atoms with Gasteiger partial charge in [0.25, 0.3) is 0 Å². The second-order valence-electron chi connectivity index (χ2n) is 5.19. The molecular weight excluding hydrogens is 312 g/mol. The molecule has 0 bridgehead atoms. The quantitative estimate of drug-likeness (QED) is 0.798. The average Bonchev–Trinajstić information content (AvgIpc) is 2.88. The highest BCUT2D eigenvalue weighted by Crippen LogP contribution is 2.13. The van der Waals surface area contributed by atoms with Crippen molar-refractivity contribution in [3.8, 4) is 0 Å². The lowest BCUT2D eigenvalue weighted by Crippen LogP contribution is -2.36. The first-order valence-corrected chi connectivity index (χ1v) is 10.3. The van der Waals surface area contributed by atoms with Gasteiger partial charge in [-0.3, -0.25) is 0 Å². The molecular formula is C13H20N2O4S2. The van der Waals surface area contributed by atoms with Crippen LogP contribution in [0.3, 0.4) is 0 Å². The Balaban J connectivity index is 1.83. The van der Waals surface area contributed by atoms with Gasteiger partial charge in [-0.2, -0.15) is 0 Å². The first-order valence-electron chi connectivity index (χ1n) is 6.75. The number of sulfonamides is 1. The van der Waals surface area contributed by atoms with E-state index < -0.39 is 19.9 Å². The third kappa shape index (κ3) is 4.50. The van der Waals surface area contributed by atoms with E-state index in [4.69, 9.17) is 0 Å². The molecule has 118 valence electrons. The first kappa shape index (κ1) is 16.4. The van der Waals surface area contributed by atoms with E-state index >= 15 is 0 Å². The minimum Gasteiger partial charge on any atom is -0.312 e. The van der Waals surface area contributed by atoms with Gasteiger partial charge in [0.2, 0.25) is 10.0 Å². The van der Waals surface area contributed by atoms with Crippen molar-refractivity contribution in [1.29, 1.82) is 0 Å². The van der Waals surface area contributed by atoms with Crippen molar-refractivity contribution in [3.05, 3.63) is 30.3 Å². The Morgan fingerprint density at radius 3 is 2.43 bits per heavy atom. The fourth-order valence-corrected chi connectivity index (χ4v) is 4.42. The van der Waals surface area contributed by atoms with Crippen LogP contribution in [0.5, 0.6) is 0 Å². The van der Waals surface area contributed by atoms with Gasteiger partial charge < -0.3 is 5.32 Å². The molecule has 0 radical (unpaired) electrons. The second kappa shape index (κ2) is 6.43. The van der Waals surface area contributed by atoms with Crippen LogP contribution >= 0.6 is 0 Å². The van der Waals surface area contributed by atoms with Gasteiger partial charge in [-0.05, 0) is 18.6 Å². The van der Waals surface area contributed by atoms with E-state index in [-0.39, 0.29) is 11.8 Å². The van der Waals surface area contributed by atoms with Gasteiger partial charge >= 0.3 is 0 Å². The maximum atomic E-state index is 12.1. The molecule has 1 aliphatic rings. The Morgan fingerprint density at radius 1 is 1.19 bits per heavy atom. The number of rotatable bonds is 6. The topological polar surface area (TPSA) is 83.6 Å². The van der Waals surface area contributed by atoms with Crippen LogP contribution < -0.4 is 5.32 Å². The molecule has 1 fully saturated rings. The Morgan fingerprint density at radius 2 is 1.86 bits per heavy atom. The van der Waals surface area contributed by atoms with Crippen LogP contribution in [0.1, 0.15) is 6.42 Å². The van der Waals surface area contributed by atoms with E-state index in [2.05, 4.69) is 5.32 Å². The lowest BCUT2D eigenvalue weighted by Gasteiger charge is -2.14. The first-order chi connectivity index (χ1) is 9.79. The summed E-state index contributed by atoms with van der Waals surface area (Å²) in [7, 11) is -6.45. The number of nitrogens with one attached hydrogen (secondary N) is 1. The van der Waals surface area contributed by atoms with Crippen molar-refractivity contribution in [2.45, 2.75) is 17.4 Å². The van der Waals surface area contributed by atoms with Gasteiger partial charge in [0, 0.05) is 25.7 Å². The molecule has 1 unspecified atom stereocenters. The summed E-state index contributed by atoms with van der Waals surface area (Å²) in [5.74, 6) is 0.00634. The Bertz CT molecular complexity index is 671. The van der Waals surface area contributed by atoms with E-state index in [0.29, 0.717) is 31.0 Å². The van der Waals surface area contributed by atoms with Crippen LogP contribution in [0, 0.1) is 0 Å². The van der Waals surface area contributed by atoms with Gasteiger partial charge in [-0.1, -0.05) is 18.2 Å². The molecule has 0 aromatic heterocycles. The van der Waals surface area contributed by atoms with Crippen LogP contribution in [0.4, 0.5) is 0 Å². The summed E-state index contributed by atoms with van der Waals surface area (Å²) in [6.45, 7) is 1.21. The molecule has 8 heteroatoms. The van der Waals surface area contributed by atoms with Gasteiger partial charge in [0.1, 0.15) is 0 Å². The summed E-state index contributed by atoms with van der Waals surface area (Å²) in [5, 5.41) is 3.12. The monoisotopic (exact) mass is 332 g/mol. The van der Waals surface area contributed by atoms with Crippen molar-refractivity contribution in [2.75, 3.05) is 31.6 Å². The molecule has 0 amide bonds. The third-order valence-corrected chi connectivity index (χ3v) is 6.53. The number of hydrogen-bond donors (Lipinski definition) is 1. The SMILES string of the molecule is CS(=O)(=O)N1CCC(NCCS(=O)(=O)c2ccccc2)C1. The maximum Gasteiger partial charge on any atom is 0.211 e. The summed E-state index contributed by atoms with van der Waals surface area (Å²) in [6.07, 6.45) is 1.90. The summed E-state index contributed by atoms with van der Waals surface area (Å²) < 4.78 is 48.4. The fourth-order valence-electron chi connectivity index (χ4n) is 2.34. The molecule has 1 aromatic rings. The maximum absolute atomic E-state index is 12.1. The summed E-state index contributed by atoms with van der Waals surface area (Å²) in [6, 6.07) is 8.34. The predicted molar refractivity (Wildman–Crippen MR) is 81.3 cm³/mol. The summed E-state index contributed by atoms with van der Waals surface area (Å²) >= 11 is 0. The van der Waals surface area contributed by atoms with Crippen molar-refractivity contribution in [2.24, 2.45) is 0 Å². The summed E-state index contributed by atoms with van der Waals surface area (Å²) in [4.78, 5) is 0.316. The molecule has 1 aliphatic heterocycles. The summed E-state index contributed by atoms with van der Waals surface area (Å²) in [5.41, 5.74) is 0. The van der Waals surface area contributed by atoms with Gasteiger partial charge in [-0.15, -0.1) is 0 Å². The van der Waals surface area contributed by atoms with Crippen LogP contribution in [0.25, 0.3) is 0 Å². The minimum atomic E-state index is -3.29. The van der Waals surface area contributed by atoms with E-state index in [0.717, 1.165) is 0 Å². The molecule has 1 saturated heterocycles. The number of hydrogen-bond acceptors (Lipinski definition) is 5. The van der Waals surface area contributed by atoms with E-state index in [1.165, 1.54) is 10.6 Å². The van der Waals surface area contributed by atoms with Crippen molar-refractivity contribution < 1.29 is 16.8 Å². The Hall–Kier alpha value is -0.960. The third-order valence-electron chi connectivity index (χ3n) is 3.53. The van der Waals surface area contributed by atoms with Gasteiger partial charge in [-0.25, -0.2) is 21.1 Å². The number of benzene rings is 1. The van der Waals surface area contributed by atoms with Crippen molar-refractivity contribution >= 4 is 19.9 Å². The van der Waals surface area contributed by atoms with Crippen molar-refractivity contribution in [3.63, 3.8) is 0 Å². The molecule has 2 rings (SSSR count). The highest BCUT2D eigenvalue weighted by atomic mass is 32.2. The molecule has 0 spiro atoms. The largest absolute Gasteiger partial charge is 0.312 e. The highest BCUT2D eigenvalue weighted by molar-refractivity contribution is 7.91. The molecule has 21 heavy (non-hydrogen) atoms. The lowest BCUT2D eigenvalue weighted by atomic mass is 10.3. The Labute approximate surface area is 126 Å². The van der Waals surface area contributed by atoms with Crippen LogP contribution in [0.15, 0.2) is 35.2 Å². The molecule has 0 saturated carbocycles. The van der Waals surface area contributed by atoms with Gasteiger partial charge in [0.15, 0.2) is 9.84 Å². The zero-order valence-electron chi connectivity index (χ0n) is 11.9. The standard InChI is InChI=1S/C13H20N2O4S2/c1-20(16,17)15-9-7-12(11-15)14-8-10-21(18,19)13-5-3-2-4-6-13/h2-6,12,14H,7-11H2,1H3. The second-order valence-corrected chi connectivity index (χ2v) is 9.28.